The van der Waals surface area contributed by atoms with E-state index in [-0.39, 0.29) is 12.4 Å². The van der Waals surface area contributed by atoms with Crippen LogP contribution in [-0.4, -0.2) is 17.7 Å². The summed E-state index contributed by atoms with van der Waals surface area (Å²) >= 11 is 0. The summed E-state index contributed by atoms with van der Waals surface area (Å²) in [5.74, 6) is -0.207. The van der Waals surface area contributed by atoms with E-state index in [2.05, 4.69) is 0 Å². The fourth-order valence-electron chi connectivity index (χ4n) is 1.68. The maximum atomic E-state index is 11.5. The maximum Gasteiger partial charge on any atom is 0.331 e. The van der Waals surface area contributed by atoms with Crippen LogP contribution in [0.3, 0.4) is 0 Å². The van der Waals surface area contributed by atoms with E-state index in [0.29, 0.717) is 0 Å². The molecule has 0 aromatic heterocycles. The van der Waals surface area contributed by atoms with Crippen molar-refractivity contribution in [3.8, 4) is 5.75 Å². The Kier molecular flexibility index (Phi) is 5.35. The number of rotatable bonds is 5. The number of hydrogen-bond donors (Lipinski definition) is 1. The van der Waals surface area contributed by atoms with E-state index < -0.39 is 5.97 Å². The molecule has 0 saturated heterocycles. The second kappa shape index (κ2) is 7.70. The average molecular weight is 280 g/mol. The van der Waals surface area contributed by atoms with Crippen molar-refractivity contribution < 1.29 is 14.6 Å². The van der Waals surface area contributed by atoms with Gasteiger partial charge in [0, 0.05) is 6.08 Å². The van der Waals surface area contributed by atoms with Gasteiger partial charge in [-0.05, 0) is 35.4 Å². The van der Waals surface area contributed by atoms with Crippen molar-refractivity contribution >= 4 is 18.1 Å². The highest BCUT2D eigenvalue weighted by Crippen LogP contribution is 2.10. The first-order valence-electron chi connectivity index (χ1n) is 6.59. The summed E-state index contributed by atoms with van der Waals surface area (Å²) in [6.45, 7) is 0.230. The summed E-state index contributed by atoms with van der Waals surface area (Å²) in [5, 5.41) is 9.15. The smallest absolute Gasteiger partial charge is 0.331 e. The van der Waals surface area contributed by atoms with Crippen molar-refractivity contribution in [3.05, 3.63) is 77.9 Å². The molecule has 0 unspecified atom stereocenters. The fourth-order valence-corrected chi connectivity index (χ4v) is 1.68. The summed E-state index contributed by atoms with van der Waals surface area (Å²) in [7, 11) is 0. The molecule has 21 heavy (non-hydrogen) atoms. The van der Waals surface area contributed by atoms with Gasteiger partial charge >= 0.3 is 5.97 Å². The molecule has 0 spiro atoms. The SMILES string of the molecule is O=C(/C=C/c1ccc(O)cc1)OCC=Cc1ccccc1. The number of phenols is 1. The second-order valence-electron chi connectivity index (χ2n) is 4.37. The van der Waals surface area contributed by atoms with E-state index in [1.54, 1.807) is 36.4 Å². The van der Waals surface area contributed by atoms with Gasteiger partial charge in [-0.25, -0.2) is 4.79 Å². The Bertz CT molecular complexity index is 625. The summed E-state index contributed by atoms with van der Waals surface area (Å²) in [4.78, 5) is 11.5. The predicted octanol–water partition coefficient (Wildman–Crippen LogP) is 3.66. The number of benzene rings is 2. The van der Waals surface area contributed by atoms with Gasteiger partial charge in [-0.1, -0.05) is 48.5 Å². The van der Waals surface area contributed by atoms with Crippen molar-refractivity contribution in [2.45, 2.75) is 0 Å². The summed E-state index contributed by atoms with van der Waals surface area (Å²) in [6.07, 6.45) is 6.70. The van der Waals surface area contributed by atoms with Crippen LogP contribution in [0.2, 0.25) is 0 Å². The van der Waals surface area contributed by atoms with E-state index in [9.17, 15) is 4.79 Å². The van der Waals surface area contributed by atoms with Crippen LogP contribution in [0.25, 0.3) is 12.2 Å². The van der Waals surface area contributed by atoms with Crippen LogP contribution in [-0.2, 0) is 9.53 Å². The zero-order chi connectivity index (χ0) is 14.9. The van der Waals surface area contributed by atoms with Crippen LogP contribution >= 0.6 is 0 Å². The molecule has 3 nitrogen and oxygen atoms in total. The largest absolute Gasteiger partial charge is 0.508 e. The van der Waals surface area contributed by atoms with E-state index in [1.165, 1.54) is 6.08 Å². The zero-order valence-electron chi connectivity index (χ0n) is 11.5. The molecule has 3 heteroatoms. The van der Waals surface area contributed by atoms with Crippen LogP contribution < -0.4 is 0 Å². The van der Waals surface area contributed by atoms with Gasteiger partial charge in [-0.3, -0.25) is 0 Å². The van der Waals surface area contributed by atoms with Crippen LogP contribution in [0.1, 0.15) is 11.1 Å². The standard InChI is InChI=1S/C18H16O3/c19-17-11-8-16(9-12-17)10-13-18(20)21-14-4-7-15-5-2-1-3-6-15/h1-13,19H,14H2/b7-4?,13-10+. The zero-order valence-corrected chi connectivity index (χ0v) is 11.5. The third kappa shape index (κ3) is 5.37. The molecule has 106 valence electrons. The molecule has 0 atom stereocenters. The molecule has 0 aliphatic heterocycles. The van der Waals surface area contributed by atoms with E-state index in [1.807, 2.05) is 36.4 Å². The molecule has 0 amide bonds. The van der Waals surface area contributed by atoms with Crippen LogP contribution in [0, 0.1) is 0 Å². The van der Waals surface area contributed by atoms with Gasteiger partial charge < -0.3 is 9.84 Å². The van der Waals surface area contributed by atoms with Crippen molar-refractivity contribution in [2.75, 3.05) is 6.61 Å². The van der Waals surface area contributed by atoms with Crippen molar-refractivity contribution in [2.24, 2.45) is 0 Å². The minimum Gasteiger partial charge on any atom is -0.508 e. The van der Waals surface area contributed by atoms with Gasteiger partial charge in [0.05, 0.1) is 0 Å². The van der Waals surface area contributed by atoms with Gasteiger partial charge in [0.1, 0.15) is 12.4 Å². The first kappa shape index (κ1) is 14.6. The highest BCUT2D eigenvalue weighted by Gasteiger charge is 1.95. The molecule has 0 aliphatic carbocycles. The number of ether oxygens (including phenoxy) is 1. The molecule has 0 bridgehead atoms. The molecular weight excluding hydrogens is 264 g/mol. The number of hydrogen-bond acceptors (Lipinski definition) is 3. The molecule has 1 N–H and O–H groups in total. The lowest BCUT2D eigenvalue weighted by Gasteiger charge is -1.97. The third-order valence-electron chi connectivity index (χ3n) is 2.74. The first-order chi connectivity index (χ1) is 10.2. The number of phenolic OH excluding ortho intramolecular Hbond substituents is 1. The summed E-state index contributed by atoms with van der Waals surface area (Å²) < 4.78 is 5.05. The number of aromatic hydroxyl groups is 1. The molecule has 0 saturated carbocycles. The predicted molar refractivity (Wildman–Crippen MR) is 83.6 cm³/mol. The average Bonchev–Trinajstić information content (AvgIpc) is 2.52. The quantitative estimate of drug-likeness (QED) is 0.671. The Morgan fingerprint density at radius 3 is 2.33 bits per heavy atom. The highest BCUT2D eigenvalue weighted by molar-refractivity contribution is 5.87. The Morgan fingerprint density at radius 1 is 0.952 bits per heavy atom. The molecule has 0 heterocycles. The van der Waals surface area contributed by atoms with Gasteiger partial charge in [-0.15, -0.1) is 0 Å². The van der Waals surface area contributed by atoms with Crippen molar-refractivity contribution in [1.29, 1.82) is 0 Å². The van der Waals surface area contributed by atoms with E-state index in [0.717, 1.165) is 11.1 Å². The van der Waals surface area contributed by atoms with Crippen LogP contribution in [0.5, 0.6) is 5.75 Å². The molecule has 2 rings (SSSR count). The summed E-state index contributed by atoms with van der Waals surface area (Å²) in [5.41, 5.74) is 1.89. The van der Waals surface area contributed by atoms with Gasteiger partial charge in [0.2, 0.25) is 0 Å². The molecule has 0 radical (unpaired) electrons. The fraction of sp³-hybridized carbons (Fsp3) is 0.0556. The lowest BCUT2D eigenvalue weighted by atomic mass is 10.2. The van der Waals surface area contributed by atoms with Gasteiger partial charge in [-0.2, -0.15) is 0 Å². The third-order valence-corrected chi connectivity index (χ3v) is 2.74. The molecule has 2 aromatic carbocycles. The van der Waals surface area contributed by atoms with Crippen molar-refractivity contribution in [3.63, 3.8) is 0 Å². The first-order valence-corrected chi connectivity index (χ1v) is 6.59. The number of esters is 1. The normalized spacial score (nSPS) is 11.0. The lowest BCUT2D eigenvalue weighted by molar-refractivity contribution is -0.136. The second-order valence-corrected chi connectivity index (χ2v) is 4.37. The number of carbonyl (C=O) groups excluding carboxylic acids is 1. The molecule has 2 aromatic rings. The number of carbonyl (C=O) groups is 1. The minimum atomic E-state index is -0.402. The Balaban J connectivity index is 1.77. The molecular formula is C18H16O3. The maximum absolute atomic E-state index is 11.5. The lowest BCUT2D eigenvalue weighted by Crippen LogP contribution is -1.99. The van der Waals surface area contributed by atoms with Gasteiger partial charge in [0.25, 0.3) is 0 Å². The molecule has 0 aliphatic rings. The van der Waals surface area contributed by atoms with Gasteiger partial charge in [0.15, 0.2) is 0 Å². The van der Waals surface area contributed by atoms with Crippen LogP contribution in [0.4, 0.5) is 0 Å². The topological polar surface area (TPSA) is 46.5 Å². The minimum absolute atomic E-state index is 0.195. The van der Waals surface area contributed by atoms with E-state index >= 15 is 0 Å². The highest BCUT2D eigenvalue weighted by atomic mass is 16.5. The van der Waals surface area contributed by atoms with Crippen molar-refractivity contribution in [1.82, 2.24) is 0 Å². The van der Waals surface area contributed by atoms with Crippen LogP contribution in [0.15, 0.2) is 66.7 Å². The summed E-state index contributed by atoms with van der Waals surface area (Å²) in [6, 6.07) is 16.4. The Morgan fingerprint density at radius 2 is 1.62 bits per heavy atom. The monoisotopic (exact) mass is 280 g/mol. The Hall–Kier alpha value is -2.81. The molecule has 0 fully saturated rings. The van der Waals surface area contributed by atoms with E-state index in [4.69, 9.17) is 9.84 Å². The Labute approximate surface area is 123 Å².